The number of nitrogens with one attached hydrogen (secondary N) is 1. The Labute approximate surface area is 117 Å². The van der Waals surface area contributed by atoms with Crippen molar-refractivity contribution in [2.45, 2.75) is 12.7 Å². The first kappa shape index (κ1) is 14.8. The number of carboxylic acids is 1. The number of hydrogen-bond donors (Lipinski definition) is 2. The number of alkyl halides is 3. The van der Waals surface area contributed by atoms with E-state index < -0.39 is 17.7 Å². The highest BCUT2D eigenvalue weighted by atomic mass is 19.4. The largest absolute Gasteiger partial charge is 0.478 e. The third kappa shape index (κ3) is 3.68. The Morgan fingerprint density at radius 2 is 1.86 bits per heavy atom. The monoisotopic (exact) mass is 297 g/mol. The number of carboxylic acid groups (broad SMARTS) is 1. The van der Waals surface area contributed by atoms with E-state index in [1.54, 1.807) is 0 Å². The van der Waals surface area contributed by atoms with Crippen LogP contribution in [0.2, 0.25) is 0 Å². The minimum atomic E-state index is -4.38. The van der Waals surface area contributed by atoms with Crippen molar-refractivity contribution in [1.29, 1.82) is 0 Å². The van der Waals surface area contributed by atoms with Crippen LogP contribution in [0.25, 0.3) is 0 Å². The van der Waals surface area contributed by atoms with Crippen molar-refractivity contribution < 1.29 is 23.1 Å². The van der Waals surface area contributed by atoms with Gasteiger partial charge in [0.2, 0.25) is 0 Å². The SMILES string of the molecule is O=C(O)c1ccnnc1NCc1ccc(C(F)(F)F)cc1. The summed E-state index contributed by atoms with van der Waals surface area (Å²) in [5.41, 5.74) is -0.237. The number of carbonyl (C=O) groups is 1. The molecule has 0 amide bonds. The Kier molecular flexibility index (Phi) is 4.06. The number of anilines is 1. The Balaban J connectivity index is 2.09. The van der Waals surface area contributed by atoms with Gasteiger partial charge in [-0.15, -0.1) is 5.10 Å². The van der Waals surface area contributed by atoms with Gasteiger partial charge in [-0.1, -0.05) is 12.1 Å². The lowest BCUT2D eigenvalue weighted by molar-refractivity contribution is -0.137. The Morgan fingerprint density at radius 1 is 1.19 bits per heavy atom. The number of aromatic carboxylic acids is 1. The molecule has 21 heavy (non-hydrogen) atoms. The summed E-state index contributed by atoms with van der Waals surface area (Å²) in [7, 11) is 0. The first-order valence-electron chi connectivity index (χ1n) is 5.83. The number of halogens is 3. The lowest BCUT2D eigenvalue weighted by atomic mass is 10.1. The molecule has 110 valence electrons. The predicted octanol–water partition coefficient (Wildman–Crippen LogP) is 2.81. The Hall–Kier alpha value is -2.64. The molecule has 0 fully saturated rings. The first-order valence-corrected chi connectivity index (χ1v) is 5.83. The lowest BCUT2D eigenvalue weighted by Crippen LogP contribution is -2.09. The fourth-order valence-electron chi connectivity index (χ4n) is 1.63. The minimum absolute atomic E-state index is 0.0584. The van der Waals surface area contributed by atoms with Gasteiger partial charge < -0.3 is 10.4 Å². The average Bonchev–Trinajstić information content (AvgIpc) is 2.45. The third-order valence-electron chi connectivity index (χ3n) is 2.69. The number of benzene rings is 1. The molecule has 0 aliphatic carbocycles. The van der Waals surface area contributed by atoms with Crippen molar-refractivity contribution in [3.63, 3.8) is 0 Å². The fraction of sp³-hybridized carbons (Fsp3) is 0.154. The van der Waals surface area contributed by atoms with E-state index in [9.17, 15) is 18.0 Å². The zero-order valence-electron chi connectivity index (χ0n) is 10.6. The number of aromatic nitrogens is 2. The summed E-state index contributed by atoms with van der Waals surface area (Å²) in [4.78, 5) is 11.0. The number of rotatable bonds is 4. The van der Waals surface area contributed by atoms with Gasteiger partial charge in [0.15, 0.2) is 5.82 Å². The molecule has 1 aromatic carbocycles. The van der Waals surface area contributed by atoms with Gasteiger partial charge in [-0.25, -0.2) is 4.79 Å². The third-order valence-corrected chi connectivity index (χ3v) is 2.69. The lowest BCUT2D eigenvalue weighted by Gasteiger charge is -2.09. The summed E-state index contributed by atoms with van der Waals surface area (Å²) >= 11 is 0. The molecule has 1 heterocycles. The number of nitrogens with zero attached hydrogens (tertiary/aromatic N) is 2. The second-order valence-corrected chi connectivity index (χ2v) is 4.15. The zero-order chi connectivity index (χ0) is 15.5. The van der Waals surface area contributed by atoms with Crippen molar-refractivity contribution in [3.05, 3.63) is 53.2 Å². The second-order valence-electron chi connectivity index (χ2n) is 4.15. The van der Waals surface area contributed by atoms with Gasteiger partial charge in [0.1, 0.15) is 5.56 Å². The molecule has 0 bridgehead atoms. The van der Waals surface area contributed by atoms with Crippen molar-refractivity contribution in [2.24, 2.45) is 0 Å². The van der Waals surface area contributed by atoms with E-state index in [0.29, 0.717) is 5.56 Å². The molecule has 0 aliphatic rings. The van der Waals surface area contributed by atoms with Gasteiger partial charge in [-0.2, -0.15) is 18.3 Å². The van der Waals surface area contributed by atoms with Gasteiger partial charge in [0.05, 0.1) is 11.8 Å². The molecular weight excluding hydrogens is 287 g/mol. The first-order chi connectivity index (χ1) is 9.88. The van der Waals surface area contributed by atoms with E-state index >= 15 is 0 Å². The normalized spacial score (nSPS) is 11.2. The molecule has 0 unspecified atom stereocenters. The highest BCUT2D eigenvalue weighted by molar-refractivity contribution is 5.92. The summed E-state index contributed by atoms with van der Waals surface area (Å²) in [5, 5.41) is 18.9. The molecule has 2 N–H and O–H groups in total. The molecule has 8 heteroatoms. The molecule has 0 saturated heterocycles. The zero-order valence-corrected chi connectivity index (χ0v) is 10.6. The molecule has 0 saturated carbocycles. The highest BCUT2D eigenvalue weighted by Gasteiger charge is 2.29. The van der Waals surface area contributed by atoms with Crippen molar-refractivity contribution in [3.8, 4) is 0 Å². The molecule has 0 spiro atoms. The van der Waals surface area contributed by atoms with Gasteiger partial charge in [0, 0.05) is 6.54 Å². The molecule has 0 radical (unpaired) electrons. The van der Waals surface area contributed by atoms with Gasteiger partial charge in [0.25, 0.3) is 0 Å². The summed E-state index contributed by atoms with van der Waals surface area (Å²) in [6, 6.07) is 5.83. The van der Waals surface area contributed by atoms with Crippen molar-refractivity contribution >= 4 is 11.8 Å². The second kappa shape index (κ2) is 5.78. The van der Waals surface area contributed by atoms with Crippen LogP contribution in [0.5, 0.6) is 0 Å². The van der Waals surface area contributed by atoms with Crippen molar-refractivity contribution in [1.82, 2.24) is 10.2 Å². The van der Waals surface area contributed by atoms with Crippen LogP contribution in [-0.4, -0.2) is 21.3 Å². The standard InChI is InChI=1S/C13H10F3N3O2/c14-13(15,16)9-3-1-8(2-4-9)7-17-11-10(12(20)21)5-6-18-19-11/h1-6H,7H2,(H,17,19)(H,20,21). The molecule has 2 rings (SSSR count). The van der Waals surface area contributed by atoms with Crippen LogP contribution in [0.3, 0.4) is 0 Å². The van der Waals surface area contributed by atoms with Crippen LogP contribution in [0.1, 0.15) is 21.5 Å². The Morgan fingerprint density at radius 3 is 2.43 bits per heavy atom. The van der Waals surface area contributed by atoms with Crippen LogP contribution in [0.15, 0.2) is 36.5 Å². The summed E-state index contributed by atoms with van der Waals surface area (Å²) in [6.45, 7) is 0.136. The van der Waals surface area contributed by atoms with Gasteiger partial charge in [-0.3, -0.25) is 0 Å². The van der Waals surface area contributed by atoms with Crippen LogP contribution in [-0.2, 0) is 12.7 Å². The quantitative estimate of drug-likeness (QED) is 0.907. The molecule has 0 aliphatic heterocycles. The van der Waals surface area contributed by atoms with Crippen LogP contribution < -0.4 is 5.32 Å². The van der Waals surface area contributed by atoms with Gasteiger partial charge in [-0.05, 0) is 23.8 Å². The van der Waals surface area contributed by atoms with Crippen LogP contribution >= 0.6 is 0 Å². The van der Waals surface area contributed by atoms with E-state index in [0.717, 1.165) is 12.1 Å². The van der Waals surface area contributed by atoms with E-state index in [2.05, 4.69) is 15.5 Å². The smallest absolute Gasteiger partial charge is 0.416 e. The highest BCUT2D eigenvalue weighted by Crippen LogP contribution is 2.29. The van der Waals surface area contributed by atoms with E-state index in [-0.39, 0.29) is 17.9 Å². The van der Waals surface area contributed by atoms with E-state index in [1.807, 2.05) is 0 Å². The number of hydrogen-bond acceptors (Lipinski definition) is 4. The minimum Gasteiger partial charge on any atom is -0.478 e. The molecule has 5 nitrogen and oxygen atoms in total. The summed E-state index contributed by atoms with van der Waals surface area (Å²) < 4.78 is 37.2. The maximum atomic E-state index is 12.4. The topological polar surface area (TPSA) is 75.1 Å². The summed E-state index contributed by atoms with van der Waals surface area (Å²) in [5.74, 6) is -1.11. The molecule has 1 aromatic heterocycles. The fourth-order valence-corrected chi connectivity index (χ4v) is 1.63. The Bertz CT molecular complexity index is 642. The molecule has 0 atom stereocenters. The molecule has 2 aromatic rings. The predicted molar refractivity (Wildman–Crippen MR) is 67.8 cm³/mol. The average molecular weight is 297 g/mol. The molecular formula is C13H10F3N3O2. The summed E-state index contributed by atoms with van der Waals surface area (Å²) in [6.07, 6.45) is -3.14. The maximum Gasteiger partial charge on any atom is 0.416 e. The van der Waals surface area contributed by atoms with Crippen LogP contribution in [0, 0.1) is 0 Å². The van der Waals surface area contributed by atoms with E-state index in [4.69, 9.17) is 5.11 Å². The van der Waals surface area contributed by atoms with Gasteiger partial charge >= 0.3 is 12.1 Å². The van der Waals surface area contributed by atoms with Crippen LogP contribution in [0.4, 0.5) is 19.0 Å². The van der Waals surface area contributed by atoms with E-state index in [1.165, 1.54) is 24.4 Å². The van der Waals surface area contributed by atoms with Crippen molar-refractivity contribution in [2.75, 3.05) is 5.32 Å². The maximum absolute atomic E-state index is 12.4.